The Morgan fingerprint density at radius 3 is 2.53 bits per heavy atom. The number of aliphatic hydroxyl groups excluding tert-OH is 1. The van der Waals surface area contributed by atoms with Crippen LogP contribution in [0.5, 0.6) is 5.75 Å². The predicted molar refractivity (Wildman–Crippen MR) is 128 cm³/mol. The van der Waals surface area contributed by atoms with Crippen LogP contribution in [0.25, 0.3) is 0 Å². The average molecular weight is 436 g/mol. The van der Waals surface area contributed by atoms with Gasteiger partial charge in [-0.25, -0.2) is 0 Å². The van der Waals surface area contributed by atoms with Gasteiger partial charge >= 0.3 is 0 Å². The van der Waals surface area contributed by atoms with Crippen LogP contribution in [-0.2, 0) is 11.2 Å². The third kappa shape index (κ3) is 3.94. The third-order valence-electron chi connectivity index (χ3n) is 8.11. The summed E-state index contributed by atoms with van der Waals surface area (Å²) in [4.78, 5) is 13.8. The first-order valence-corrected chi connectivity index (χ1v) is 12.0. The van der Waals surface area contributed by atoms with Gasteiger partial charge in [-0.05, 0) is 61.6 Å². The molecule has 8 atom stereocenters. The highest BCUT2D eigenvalue weighted by molar-refractivity contribution is 5.88. The molecule has 0 bridgehead atoms. The molecule has 0 radical (unpaired) electrons. The molecule has 1 aliphatic heterocycles. The molecule has 8 unspecified atom stereocenters. The van der Waals surface area contributed by atoms with E-state index in [1.807, 2.05) is 18.2 Å². The summed E-state index contributed by atoms with van der Waals surface area (Å²) in [6, 6.07) is 7.13. The van der Waals surface area contributed by atoms with E-state index in [4.69, 9.17) is 0 Å². The van der Waals surface area contributed by atoms with E-state index in [-0.39, 0.29) is 35.5 Å². The monoisotopic (exact) mass is 435 g/mol. The summed E-state index contributed by atoms with van der Waals surface area (Å²) in [6.07, 6.45) is 12.5. The van der Waals surface area contributed by atoms with Gasteiger partial charge in [0.1, 0.15) is 5.75 Å². The number of carbonyl (C=O) groups excluding carboxylic acids is 1. The Morgan fingerprint density at radius 1 is 1.09 bits per heavy atom. The number of hydrogen-bond acceptors (Lipinski definition) is 3. The summed E-state index contributed by atoms with van der Waals surface area (Å²) in [7, 11) is 0. The van der Waals surface area contributed by atoms with E-state index in [9.17, 15) is 15.0 Å². The van der Waals surface area contributed by atoms with Gasteiger partial charge in [0.05, 0.1) is 11.5 Å². The number of rotatable bonds is 2. The summed E-state index contributed by atoms with van der Waals surface area (Å²) in [5.74, 6) is 1.10. The molecule has 4 rings (SSSR count). The molecule has 1 aromatic rings. The minimum atomic E-state index is -0.916. The van der Waals surface area contributed by atoms with Crippen molar-refractivity contribution < 1.29 is 15.0 Å². The maximum absolute atomic E-state index is 13.8. The lowest BCUT2D eigenvalue weighted by atomic mass is 9.54. The number of benzene rings is 1. The molecule has 1 heterocycles. The van der Waals surface area contributed by atoms with E-state index in [0.29, 0.717) is 18.3 Å². The number of nitrogens with one attached hydrogen (secondary N) is 1. The van der Waals surface area contributed by atoms with Crippen molar-refractivity contribution in [2.24, 2.45) is 35.0 Å². The van der Waals surface area contributed by atoms with Crippen LogP contribution >= 0.6 is 0 Å². The molecule has 2 aliphatic carbocycles. The zero-order valence-corrected chi connectivity index (χ0v) is 19.7. The first-order chi connectivity index (χ1) is 15.2. The van der Waals surface area contributed by atoms with E-state index < -0.39 is 11.5 Å². The summed E-state index contributed by atoms with van der Waals surface area (Å²) in [5, 5.41) is 24.6. The molecule has 32 heavy (non-hydrogen) atoms. The highest BCUT2D eigenvalue weighted by Crippen LogP contribution is 2.56. The van der Waals surface area contributed by atoms with Crippen molar-refractivity contribution in [2.75, 3.05) is 0 Å². The van der Waals surface area contributed by atoms with Crippen molar-refractivity contribution in [3.8, 4) is 5.75 Å². The second-order valence-corrected chi connectivity index (χ2v) is 10.4. The fraction of sp³-hybridized carbons (Fsp3) is 0.536. The van der Waals surface area contributed by atoms with Crippen molar-refractivity contribution in [3.05, 3.63) is 65.8 Å². The van der Waals surface area contributed by atoms with E-state index in [2.05, 4.69) is 57.3 Å². The van der Waals surface area contributed by atoms with Gasteiger partial charge in [-0.15, -0.1) is 0 Å². The lowest BCUT2D eigenvalue weighted by Crippen LogP contribution is -2.53. The second-order valence-electron chi connectivity index (χ2n) is 10.4. The molecule has 1 fully saturated rings. The molecule has 1 spiro atoms. The van der Waals surface area contributed by atoms with Crippen LogP contribution in [0.1, 0.15) is 46.1 Å². The lowest BCUT2D eigenvalue weighted by Gasteiger charge is -2.47. The zero-order chi connectivity index (χ0) is 23.0. The van der Waals surface area contributed by atoms with Crippen LogP contribution in [0.2, 0.25) is 0 Å². The van der Waals surface area contributed by atoms with Gasteiger partial charge in [0.25, 0.3) is 0 Å². The minimum Gasteiger partial charge on any atom is -0.508 e. The number of carbonyl (C=O) groups is 1. The lowest BCUT2D eigenvalue weighted by molar-refractivity contribution is -0.138. The molecule has 0 aromatic heterocycles. The average Bonchev–Trinajstić information content (AvgIpc) is 3.03. The van der Waals surface area contributed by atoms with Crippen LogP contribution in [0.15, 0.2) is 60.2 Å². The fourth-order valence-electron chi connectivity index (χ4n) is 6.39. The van der Waals surface area contributed by atoms with Crippen molar-refractivity contribution in [1.82, 2.24) is 5.32 Å². The zero-order valence-electron chi connectivity index (χ0n) is 19.7. The molecule has 1 saturated heterocycles. The van der Waals surface area contributed by atoms with E-state index >= 15 is 0 Å². The van der Waals surface area contributed by atoms with Gasteiger partial charge in [-0.2, -0.15) is 0 Å². The number of phenolic OH excluding ortho intramolecular Hbond substituents is 1. The maximum atomic E-state index is 13.8. The minimum absolute atomic E-state index is 0.0309. The first-order valence-electron chi connectivity index (χ1n) is 12.0. The Bertz CT molecular complexity index is 931. The number of amides is 1. The quantitative estimate of drug-likeness (QED) is 0.585. The molecule has 3 aliphatic rings. The Hall–Kier alpha value is -2.33. The third-order valence-corrected chi connectivity index (χ3v) is 8.11. The van der Waals surface area contributed by atoms with Crippen LogP contribution in [0.4, 0.5) is 0 Å². The smallest absolute Gasteiger partial charge is 0.230 e. The van der Waals surface area contributed by atoms with Crippen LogP contribution < -0.4 is 5.32 Å². The number of aliphatic hydroxyl groups is 1. The van der Waals surface area contributed by atoms with E-state index in [1.54, 1.807) is 12.1 Å². The molecule has 4 nitrogen and oxygen atoms in total. The fourth-order valence-corrected chi connectivity index (χ4v) is 6.39. The van der Waals surface area contributed by atoms with Gasteiger partial charge < -0.3 is 15.5 Å². The Kier molecular flexibility index (Phi) is 6.35. The Morgan fingerprint density at radius 2 is 1.81 bits per heavy atom. The van der Waals surface area contributed by atoms with Gasteiger partial charge in [0.2, 0.25) is 5.91 Å². The standard InChI is InChI=1S/C28H37NO3/c1-17-6-5-7-22-15-19(3)20(4)26-24(16-21-9-11-23(30)12-10-21)29-27(32)28(22,26)25(31)13-8-18(2)14-17/h5,7-13,15,17-18,20,22,24-26,30-31H,6,14,16H2,1-4H3,(H,29,32). The molecule has 1 amide bonds. The normalized spacial score (nSPS) is 39.5. The number of phenols is 1. The van der Waals surface area contributed by atoms with Crippen LogP contribution in [0, 0.1) is 35.0 Å². The van der Waals surface area contributed by atoms with Crippen molar-refractivity contribution in [1.29, 1.82) is 0 Å². The van der Waals surface area contributed by atoms with Crippen molar-refractivity contribution in [2.45, 2.75) is 59.1 Å². The van der Waals surface area contributed by atoms with Crippen molar-refractivity contribution >= 4 is 5.91 Å². The molecule has 3 N–H and O–H groups in total. The van der Waals surface area contributed by atoms with Crippen LogP contribution in [0.3, 0.4) is 0 Å². The van der Waals surface area contributed by atoms with Gasteiger partial charge in [-0.1, -0.05) is 68.9 Å². The largest absolute Gasteiger partial charge is 0.508 e. The molecule has 1 aromatic carbocycles. The highest BCUT2D eigenvalue weighted by Gasteiger charge is 2.64. The van der Waals surface area contributed by atoms with Gasteiger partial charge in [0.15, 0.2) is 0 Å². The van der Waals surface area contributed by atoms with Crippen molar-refractivity contribution in [3.63, 3.8) is 0 Å². The summed E-state index contributed by atoms with van der Waals surface area (Å²) in [5.41, 5.74) is 1.43. The summed E-state index contributed by atoms with van der Waals surface area (Å²) in [6.45, 7) is 8.79. The molecule has 172 valence electrons. The number of hydrogen-bond donors (Lipinski definition) is 3. The van der Waals surface area contributed by atoms with Gasteiger partial charge in [0, 0.05) is 17.9 Å². The SMILES string of the molecule is CC1=CC2C=CCC(C)CC(C)C=CC(O)C23C(=O)NC(Cc2ccc(O)cc2)C3C1C. The summed E-state index contributed by atoms with van der Waals surface area (Å²) < 4.78 is 0. The molecule has 4 heteroatoms. The maximum Gasteiger partial charge on any atom is 0.230 e. The molecule has 0 saturated carbocycles. The van der Waals surface area contributed by atoms with E-state index in [1.165, 1.54) is 5.57 Å². The number of aromatic hydroxyl groups is 1. The highest BCUT2D eigenvalue weighted by atomic mass is 16.3. The second kappa shape index (κ2) is 8.90. The van der Waals surface area contributed by atoms with Gasteiger partial charge in [-0.3, -0.25) is 4.79 Å². The van der Waals surface area contributed by atoms with E-state index in [0.717, 1.165) is 18.4 Å². The predicted octanol–water partition coefficient (Wildman–Crippen LogP) is 4.79. The van der Waals surface area contributed by atoms with Crippen LogP contribution in [-0.4, -0.2) is 28.3 Å². The Labute approximate surface area is 192 Å². The topological polar surface area (TPSA) is 69.6 Å². The Balaban J connectivity index is 1.79. The first kappa shape index (κ1) is 22.8. The summed E-state index contributed by atoms with van der Waals surface area (Å²) >= 11 is 0. The molecular weight excluding hydrogens is 398 g/mol. The molecular formula is C28H37NO3. The number of allylic oxidation sites excluding steroid dienone is 5.